The van der Waals surface area contributed by atoms with Crippen LogP contribution in [-0.4, -0.2) is 90.2 Å². The summed E-state index contributed by atoms with van der Waals surface area (Å²) in [6.45, 7) is 9.54. The summed E-state index contributed by atoms with van der Waals surface area (Å²) in [7, 11) is 0.679. The molecule has 0 bridgehead atoms. The summed E-state index contributed by atoms with van der Waals surface area (Å²) < 4.78 is 11.6. The van der Waals surface area contributed by atoms with Crippen molar-refractivity contribution in [1.29, 1.82) is 5.26 Å². The van der Waals surface area contributed by atoms with E-state index in [2.05, 4.69) is 62.5 Å². The summed E-state index contributed by atoms with van der Waals surface area (Å²) >= 11 is 1.53. The predicted octanol–water partition coefficient (Wildman–Crippen LogP) is 7.20. The second-order valence-electron chi connectivity index (χ2n) is 13.6. The number of hydrogen-bond acceptors (Lipinski definition) is 12. The van der Waals surface area contributed by atoms with Gasteiger partial charge in [0.05, 0.1) is 17.4 Å². The van der Waals surface area contributed by atoms with E-state index >= 15 is 0 Å². The lowest BCUT2D eigenvalue weighted by molar-refractivity contribution is -0.131. The number of likely N-dealkylation sites (tertiary alicyclic amines) is 1. The zero-order valence-corrected chi connectivity index (χ0v) is 35.1. The van der Waals surface area contributed by atoms with Gasteiger partial charge in [0.25, 0.3) is 6.47 Å². The molecule has 306 valence electrons. The Kier molecular flexibility index (Phi) is 21.4. The van der Waals surface area contributed by atoms with Gasteiger partial charge in [0.2, 0.25) is 12.3 Å². The van der Waals surface area contributed by atoms with Gasteiger partial charge < -0.3 is 24.8 Å². The van der Waals surface area contributed by atoms with E-state index in [0.717, 1.165) is 65.4 Å². The second-order valence-corrected chi connectivity index (χ2v) is 16.3. The topological polar surface area (TPSA) is 181 Å². The van der Waals surface area contributed by atoms with Crippen LogP contribution in [0.4, 0.5) is 0 Å². The molecular formula is C42H56N7O6PS. The van der Waals surface area contributed by atoms with Gasteiger partial charge in [-0.2, -0.15) is 5.26 Å². The summed E-state index contributed by atoms with van der Waals surface area (Å²) in [6.07, 6.45) is 11.9. The normalized spacial score (nSPS) is 16.2. The van der Waals surface area contributed by atoms with E-state index in [1.807, 2.05) is 49.4 Å². The monoisotopic (exact) mass is 817 g/mol. The van der Waals surface area contributed by atoms with Crippen LogP contribution in [-0.2, 0) is 25.3 Å². The first-order valence-corrected chi connectivity index (χ1v) is 21.6. The second kappa shape index (κ2) is 26.2. The van der Waals surface area contributed by atoms with Crippen LogP contribution in [0.2, 0.25) is 0 Å². The molecule has 3 N–H and O–H groups in total. The maximum atomic E-state index is 11.4. The summed E-state index contributed by atoms with van der Waals surface area (Å²) in [5, 5.41) is 13.3. The molecule has 2 atom stereocenters. The molecule has 0 aliphatic carbocycles. The third-order valence-electron chi connectivity index (χ3n) is 8.88. The highest BCUT2D eigenvalue weighted by molar-refractivity contribution is 7.50. The number of thiophene rings is 1. The van der Waals surface area contributed by atoms with Crippen LogP contribution in [0.5, 0.6) is 5.75 Å². The fourth-order valence-corrected chi connectivity index (χ4v) is 8.81. The zero-order chi connectivity index (χ0) is 41.4. The molecular weight excluding hydrogens is 762 g/mol. The Bertz CT molecular complexity index is 1850. The number of nitrogens with two attached hydrogens (primary N) is 1. The maximum Gasteiger partial charge on any atom is 0.293 e. The highest BCUT2D eigenvalue weighted by atomic mass is 32.1. The molecule has 3 saturated heterocycles. The van der Waals surface area contributed by atoms with Crippen LogP contribution in [0.15, 0.2) is 66.9 Å². The Morgan fingerprint density at radius 2 is 1.81 bits per heavy atom. The van der Waals surface area contributed by atoms with Crippen molar-refractivity contribution >= 4 is 54.8 Å². The van der Waals surface area contributed by atoms with E-state index in [0.29, 0.717) is 55.7 Å². The van der Waals surface area contributed by atoms with Crippen LogP contribution >= 0.6 is 19.6 Å². The minimum atomic E-state index is -0.821. The number of carbonyl (C=O) groups excluding carboxylic acids is 4. The molecule has 2 aromatic heterocycles. The van der Waals surface area contributed by atoms with Crippen molar-refractivity contribution in [3.8, 4) is 11.8 Å². The lowest BCUT2D eigenvalue weighted by Gasteiger charge is -2.34. The zero-order valence-electron chi connectivity index (χ0n) is 33.4. The molecule has 2 unspecified atom stereocenters. The molecule has 0 spiro atoms. The van der Waals surface area contributed by atoms with Gasteiger partial charge in [-0.15, -0.1) is 11.3 Å². The van der Waals surface area contributed by atoms with Gasteiger partial charge in [-0.1, -0.05) is 37.6 Å². The Morgan fingerprint density at radius 3 is 2.46 bits per heavy atom. The van der Waals surface area contributed by atoms with Crippen LogP contribution in [0.25, 0.3) is 10.1 Å². The summed E-state index contributed by atoms with van der Waals surface area (Å²) in [5.74, 6) is 2.14. The molecule has 15 heteroatoms. The highest BCUT2D eigenvalue weighted by Crippen LogP contribution is 2.39. The van der Waals surface area contributed by atoms with E-state index in [4.69, 9.17) is 9.79 Å². The minimum absolute atomic E-state index is 0.188. The van der Waals surface area contributed by atoms with Gasteiger partial charge in [0.1, 0.15) is 23.3 Å². The fraction of sp³-hybridized carbons (Fsp3) is 0.452. The average Bonchev–Trinajstić information content (AvgIpc) is 3.83. The number of aromatic nitrogens is 2. The number of aldehydes is 1. The predicted molar refractivity (Wildman–Crippen MR) is 226 cm³/mol. The number of benzene rings is 2. The van der Waals surface area contributed by atoms with Gasteiger partial charge in [-0.3, -0.25) is 24.3 Å². The molecule has 2 amide bonds. The van der Waals surface area contributed by atoms with Crippen molar-refractivity contribution < 1.29 is 28.4 Å². The van der Waals surface area contributed by atoms with E-state index in [9.17, 15) is 19.2 Å². The molecule has 7 rings (SSSR count). The molecule has 0 radical (unpaired) electrons. The Labute approximate surface area is 341 Å². The highest BCUT2D eigenvalue weighted by Gasteiger charge is 2.30. The SMILES string of the molecule is CC(C)NP(Cc1ccc2sc(C=O)cc2c1)Oc1ccccc1.CCCOC=O.CN.N#Cc1ccnc(C2CN(C=O)C2)n1.O=C1CCCCC2CCCN12. The number of carbonyl (C=O) groups is 4. The summed E-state index contributed by atoms with van der Waals surface area (Å²) in [4.78, 5) is 54.7. The van der Waals surface area contributed by atoms with E-state index < -0.39 is 8.30 Å². The molecule has 3 fully saturated rings. The number of fused-ring (bicyclic) bond motifs is 2. The van der Waals surface area contributed by atoms with E-state index in [-0.39, 0.29) is 5.92 Å². The molecule has 0 saturated carbocycles. The van der Waals surface area contributed by atoms with Crippen molar-refractivity contribution in [2.45, 2.75) is 89.9 Å². The minimum Gasteiger partial charge on any atom is -0.468 e. The third-order valence-corrected chi connectivity index (χ3v) is 11.8. The van der Waals surface area contributed by atoms with Gasteiger partial charge >= 0.3 is 0 Å². The number of hydrogen-bond donors (Lipinski definition) is 2. The van der Waals surface area contributed by atoms with Crippen LogP contribution in [0.3, 0.4) is 0 Å². The first-order valence-electron chi connectivity index (χ1n) is 19.4. The van der Waals surface area contributed by atoms with Crippen LogP contribution < -0.4 is 15.3 Å². The van der Waals surface area contributed by atoms with Gasteiger partial charge in [-0.05, 0) is 100 Å². The summed E-state index contributed by atoms with van der Waals surface area (Å²) in [6, 6.07) is 22.7. The number of nitrogens with one attached hydrogen (secondary N) is 1. The van der Waals surface area contributed by atoms with Crippen molar-refractivity contribution in [2.75, 3.05) is 33.3 Å². The molecule has 3 aliphatic heterocycles. The largest absolute Gasteiger partial charge is 0.468 e. The fourth-order valence-electron chi connectivity index (χ4n) is 6.26. The molecule has 3 aliphatic rings. The first-order chi connectivity index (χ1) is 27.8. The molecule has 13 nitrogen and oxygen atoms in total. The number of rotatable bonds is 12. The standard InChI is InChI=1S/C19H20NO2PS.C9H8N4O.C9H15NO.C4H8O2.CH5N/c1-14(2)20-23(22-17-6-4-3-5-7-17)13-15-8-9-19-16(10-15)11-18(12-21)24-19;10-3-8-1-2-11-9(12-8)7-4-13(5-7)6-14;11-9-6-2-1-4-8-5-3-7-10(8)9;1-2-3-6-4-5;1-2/h3-12,14,20H,13H2,1-2H3;1-2,6-7H,4-5H2;8H,1-7H2;4H,2-3H2,1H3;2H2,1H3. The average molecular weight is 818 g/mol. The smallest absolute Gasteiger partial charge is 0.293 e. The Hall–Kier alpha value is -4.80. The molecule has 5 heterocycles. The molecule has 2 aromatic carbocycles. The quantitative estimate of drug-likeness (QED) is 0.0838. The maximum absolute atomic E-state index is 11.4. The Balaban J connectivity index is 0.000000223. The van der Waals surface area contributed by atoms with Crippen LogP contribution in [0.1, 0.15) is 98.4 Å². The lowest BCUT2D eigenvalue weighted by Crippen LogP contribution is -2.44. The van der Waals surface area contributed by atoms with Crippen molar-refractivity contribution in [2.24, 2.45) is 5.73 Å². The summed E-state index contributed by atoms with van der Waals surface area (Å²) in [5.41, 5.74) is 6.09. The number of amides is 2. The molecule has 57 heavy (non-hydrogen) atoms. The van der Waals surface area contributed by atoms with Gasteiger partial charge in [0.15, 0.2) is 14.6 Å². The van der Waals surface area contributed by atoms with Gasteiger partial charge in [-0.25, -0.2) is 9.97 Å². The Morgan fingerprint density at radius 1 is 1.05 bits per heavy atom. The number of ether oxygens (including phenoxy) is 1. The van der Waals surface area contributed by atoms with E-state index in [1.165, 1.54) is 49.6 Å². The number of para-hydroxylation sites is 1. The van der Waals surface area contributed by atoms with Crippen molar-refractivity contribution in [3.05, 3.63) is 88.8 Å². The lowest BCUT2D eigenvalue weighted by atomic mass is 10.0. The van der Waals surface area contributed by atoms with E-state index in [1.54, 1.807) is 17.2 Å². The first kappa shape index (κ1) is 46.6. The van der Waals surface area contributed by atoms with Crippen LogP contribution in [0, 0.1) is 11.3 Å². The van der Waals surface area contributed by atoms with Crippen molar-refractivity contribution in [1.82, 2.24) is 24.9 Å². The van der Waals surface area contributed by atoms with Gasteiger partial charge in [0, 0.05) is 55.2 Å². The number of nitrogens with zero attached hydrogens (tertiary/aromatic N) is 5. The number of nitriles is 1. The van der Waals surface area contributed by atoms with Crippen molar-refractivity contribution in [3.63, 3.8) is 0 Å². The third kappa shape index (κ3) is 15.9. The molecule has 4 aromatic rings.